The van der Waals surface area contributed by atoms with Gasteiger partial charge in [-0.1, -0.05) is 18.2 Å². The number of carbonyl (C=O) groups excluding carboxylic acids is 1. The Hall–Kier alpha value is -4.27. The van der Waals surface area contributed by atoms with Crippen LogP contribution in [0.5, 0.6) is 17.2 Å². The molecule has 9 heteroatoms. The molecule has 0 fully saturated rings. The van der Waals surface area contributed by atoms with Crippen LogP contribution in [0.25, 0.3) is 10.9 Å². The number of benzene rings is 3. The Morgan fingerprint density at radius 1 is 0.971 bits per heavy atom. The fourth-order valence-electron chi connectivity index (χ4n) is 3.95. The zero-order chi connectivity index (χ0) is 24.9. The second-order valence-electron chi connectivity index (χ2n) is 7.71. The second-order valence-corrected chi connectivity index (χ2v) is 7.71. The van der Waals surface area contributed by atoms with Crippen LogP contribution in [0.2, 0.25) is 0 Å². The van der Waals surface area contributed by atoms with Gasteiger partial charge in [-0.05, 0) is 24.1 Å². The smallest absolute Gasteiger partial charge is 0.256 e. The molecule has 0 saturated heterocycles. The van der Waals surface area contributed by atoms with Gasteiger partial charge >= 0.3 is 0 Å². The van der Waals surface area contributed by atoms with Gasteiger partial charge in [0.25, 0.3) is 5.91 Å². The number of aromatic amines is 1. The highest BCUT2D eigenvalue weighted by molar-refractivity contribution is 6.00. The number of aromatic nitrogens is 1. The Labute approximate surface area is 201 Å². The summed E-state index contributed by atoms with van der Waals surface area (Å²) in [5, 5.41) is 6.68. The zero-order valence-electron chi connectivity index (χ0n) is 19.5. The molecule has 0 bridgehead atoms. The summed E-state index contributed by atoms with van der Waals surface area (Å²) < 4.78 is 44.8. The predicted octanol–water partition coefficient (Wildman–Crippen LogP) is 5.19. The summed E-state index contributed by atoms with van der Waals surface area (Å²) in [4.78, 5) is 16.1. The molecule has 0 radical (unpaired) electrons. The number of nitrogens with one attached hydrogen (secondary N) is 3. The Bertz CT molecular complexity index is 1350. The number of para-hydroxylation sites is 1. The van der Waals surface area contributed by atoms with E-state index in [9.17, 15) is 13.6 Å². The van der Waals surface area contributed by atoms with Crippen LogP contribution in [0, 0.1) is 11.6 Å². The molecule has 0 aliphatic carbocycles. The summed E-state index contributed by atoms with van der Waals surface area (Å²) in [6.45, 7) is 0.265. The fraction of sp³-hybridized carbons (Fsp3) is 0.192. The minimum absolute atomic E-state index is 0.0404. The highest BCUT2D eigenvalue weighted by Crippen LogP contribution is 2.41. The van der Waals surface area contributed by atoms with E-state index in [0.29, 0.717) is 35.4 Å². The van der Waals surface area contributed by atoms with Crippen molar-refractivity contribution in [2.75, 3.05) is 33.2 Å². The molecule has 3 N–H and O–H groups in total. The molecule has 0 atom stereocenters. The Morgan fingerprint density at radius 3 is 2.37 bits per heavy atom. The first-order chi connectivity index (χ1) is 16.9. The van der Waals surface area contributed by atoms with E-state index in [-0.39, 0.29) is 17.8 Å². The van der Waals surface area contributed by atoms with Gasteiger partial charge < -0.3 is 29.8 Å². The quantitative estimate of drug-likeness (QED) is 0.307. The van der Waals surface area contributed by atoms with Gasteiger partial charge in [0.15, 0.2) is 11.5 Å². The van der Waals surface area contributed by atoms with Gasteiger partial charge in [-0.25, -0.2) is 8.78 Å². The molecule has 1 aromatic heterocycles. The first-order valence-corrected chi connectivity index (χ1v) is 10.8. The van der Waals surface area contributed by atoms with Crippen molar-refractivity contribution in [3.63, 3.8) is 0 Å². The van der Waals surface area contributed by atoms with Crippen LogP contribution in [0.15, 0.2) is 54.7 Å². The SMILES string of the molecule is COc1cc(Nc2cc(F)cc(F)c2C(=O)NCCc2c[nH]c3ccccc23)cc(OC)c1OC. The molecular formula is C26H25F2N3O4. The lowest BCUT2D eigenvalue weighted by molar-refractivity contribution is 0.0951. The van der Waals surface area contributed by atoms with Gasteiger partial charge in [0, 0.05) is 47.5 Å². The molecule has 35 heavy (non-hydrogen) atoms. The van der Waals surface area contributed by atoms with Crippen LogP contribution in [-0.4, -0.2) is 38.8 Å². The largest absolute Gasteiger partial charge is 0.493 e. The summed E-state index contributed by atoms with van der Waals surface area (Å²) in [6.07, 6.45) is 2.42. The van der Waals surface area contributed by atoms with Gasteiger partial charge in [-0.3, -0.25) is 4.79 Å². The molecule has 1 heterocycles. The molecule has 0 aliphatic rings. The van der Waals surface area contributed by atoms with Crippen molar-refractivity contribution in [3.05, 3.63) is 77.5 Å². The molecule has 182 valence electrons. The number of halogens is 2. The Balaban J connectivity index is 1.57. The van der Waals surface area contributed by atoms with Crippen LogP contribution < -0.4 is 24.8 Å². The van der Waals surface area contributed by atoms with Crippen molar-refractivity contribution >= 4 is 28.2 Å². The number of rotatable bonds is 9. The molecule has 0 unspecified atom stereocenters. The van der Waals surface area contributed by atoms with Gasteiger partial charge in [0.1, 0.15) is 11.6 Å². The van der Waals surface area contributed by atoms with Crippen LogP contribution in [0.3, 0.4) is 0 Å². The average Bonchev–Trinajstić information content (AvgIpc) is 3.26. The topological polar surface area (TPSA) is 84.6 Å². The van der Waals surface area contributed by atoms with E-state index in [0.717, 1.165) is 22.5 Å². The standard InChI is InChI=1S/C26H25F2N3O4/c1-33-22-12-17(13-23(34-2)25(22)35-3)31-21-11-16(27)10-19(28)24(21)26(32)29-9-8-15-14-30-20-7-5-4-6-18(15)20/h4-7,10-14,30-31H,8-9H2,1-3H3,(H,29,32). The summed E-state index contributed by atoms with van der Waals surface area (Å²) in [5.41, 5.74) is 2.06. The van der Waals surface area contributed by atoms with Crippen molar-refractivity contribution in [2.45, 2.75) is 6.42 Å². The third-order valence-corrected chi connectivity index (χ3v) is 5.58. The lowest BCUT2D eigenvalue weighted by atomic mass is 10.1. The van der Waals surface area contributed by atoms with Gasteiger partial charge in [-0.2, -0.15) is 0 Å². The summed E-state index contributed by atoms with van der Waals surface area (Å²) in [6, 6.07) is 12.7. The molecule has 7 nitrogen and oxygen atoms in total. The number of amides is 1. The van der Waals surface area contributed by atoms with Crippen molar-refractivity contribution in [1.82, 2.24) is 10.3 Å². The van der Waals surface area contributed by atoms with E-state index < -0.39 is 17.5 Å². The fourth-order valence-corrected chi connectivity index (χ4v) is 3.95. The maximum Gasteiger partial charge on any atom is 0.256 e. The van der Waals surface area contributed by atoms with E-state index in [1.807, 2.05) is 30.5 Å². The van der Waals surface area contributed by atoms with E-state index in [2.05, 4.69) is 15.6 Å². The van der Waals surface area contributed by atoms with E-state index in [4.69, 9.17) is 14.2 Å². The molecule has 0 saturated carbocycles. The highest BCUT2D eigenvalue weighted by atomic mass is 19.1. The molecule has 4 aromatic rings. The number of hydrogen-bond acceptors (Lipinski definition) is 5. The molecule has 4 rings (SSSR count). The number of anilines is 2. The third-order valence-electron chi connectivity index (χ3n) is 5.58. The van der Waals surface area contributed by atoms with Crippen molar-refractivity contribution in [3.8, 4) is 17.2 Å². The number of ether oxygens (including phenoxy) is 3. The van der Waals surface area contributed by atoms with E-state index in [1.54, 1.807) is 12.1 Å². The van der Waals surface area contributed by atoms with Crippen LogP contribution in [0.4, 0.5) is 20.2 Å². The maximum atomic E-state index is 14.8. The predicted molar refractivity (Wildman–Crippen MR) is 130 cm³/mol. The third kappa shape index (κ3) is 4.98. The zero-order valence-corrected chi connectivity index (χ0v) is 19.5. The van der Waals surface area contributed by atoms with Crippen LogP contribution >= 0.6 is 0 Å². The molecule has 0 aliphatic heterocycles. The lowest BCUT2D eigenvalue weighted by Gasteiger charge is -2.17. The summed E-state index contributed by atoms with van der Waals surface area (Å²) in [5.74, 6) is -1.43. The van der Waals surface area contributed by atoms with Crippen molar-refractivity contribution in [1.29, 1.82) is 0 Å². The first-order valence-electron chi connectivity index (χ1n) is 10.8. The average molecular weight is 481 g/mol. The Kier molecular flexibility index (Phi) is 7.05. The normalized spacial score (nSPS) is 10.8. The highest BCUT2D eigenvalue weighted by Gasteiger charge is 2.20. The van der Waals surface area contributed by atoms with Gasteiger partial charge in [0.05, 0.1) is 32.6 Å². The van der Waals surface area contributed by atoms with Crippen molar-refractivity contribution in [2.24, 2.45) is 0 Å². The molecule has 1 amide bonds. The number of fused-ring (bicyclic) bond motifs is 1. The minimum atomic E-state index is -0.982. The number of H-pyrrole nitrogens is 1. The van der Waals surface area contributed by atoms with Gasteiger partial charge in [0.2, 0.25) is 5.75 Å². The monoisotopic (exact) mass is 481 g/mol. The molecule has 3 aromatic carbocycles. The van der Waals surface area contributed by atoms with E-state index >= 15 is 0 Å². The van der Waals surface area contributed by atoms with Crippen LogP contribution in [0.1, 0.15) is 15.9 Å². The molecule has 0 spiro atoms. The van der Waals surface area contributed by atoms with Crippen LogP contribution in [-0.2, 0) is 6.42 Å². The second kappa shape index (κ2) is 10.3. The minimum Gasteiger partial charge on any atom is -0.493 e. The van der Waals surface area contributed by atoms with Gasteiger partial charge in [-0.15, -0.1) is 0 Å². The number of carbonyl (C=O) groups is 1. The van der Waals surface area contributed by atoms with E-state index in [1.165, 1.54) is 21.3 Å². The summed E-state index contributed by atoms with van der Waals surface area (Å²) in [7, 11) is 4.37. The first kappa shape index (κ1) is 23.9. The lowest BCUT2D eigenvalue weighted by Crippen LogP contribution is -2.27. The number of hydrogen-bond donors (Lipinski definition) is 3. The Morgan fingerprint density at radius 2 is 1.69 bits per heavy atom. The summed E-state index contributed by atoms with van der Waals surface area (Å²) >= 11 is 0. The molecular weight excluding hydrogens is 456 g/mol. The van der Waals surface area contributed by atoms with Crippen molar-refractivity contribution < 1.29 is 27.8 Å². The number of methoxy groups -OCH3 is 3. The maximum absolute atomic E-state index is 14.8.